The normalized spacial score (nSPS) is 19.7. The van der Waals surface area contributed by atoms with Crippen LogP contribution < -0.4 is 0 Å². The minimum Gasteiger partial charge on any atom is -0.469 e. The van der Waals surface area contributed by atoms with Crippen LogP contribution in [-0.2, 0) is 16.6 Å². The Bertz CT molecular complexity index is 928. The first-order chi connectivity index (χ1) is 13.0. The Hall–Kier alpha value is -1.95. The van der Waals surface area contributed by atoms with E-state index in [1.54, 1.807) is 0 Å². The summed E-state index contributed by atoms with van der Waals surface area (Å²) in [5.74, 6) is 1.46. The molecule has 0 radical (unpaired) electrons. The molecule has 2 aromatic rings. The predicted octanol–water partition coefficient (Wildman–Crippen LogP) is 4.79. The van der Waals surface area contributed by atoms with Crippen molar-refractivity contribution in [2.75, 3.05) is 7.11 Å². The highest BCUT2D eigenvalue weighted by Gasteiger charge is 2.31. The fourth-order valence-electron chi connectivity index (χ4n) is 3.94. The first-order valence-corrected chi connectivity index (χ1v) is 10.3. The lowest BCUT2D eigenvalue weighted by Gasteiger charge is -2.20. The van der Waals surface area contributed by atoms with Crippen molar-refractivity contribution < 1.29 is 9.53 Å². The van der Waals surface area contributed by atoms with Crippen molar-refractivity contribution in [1.82, 2.24) is 14.5 Å². The zero-order valence-electron chi connectivity index (χ0n) is 16.0. The number of methoxy groups -OCH3 is 1. The van der Waals surface area contributed by atoms with Crippen molar-refractivity contribution in [3.8, 4) is 11.4 Å². The first-order valence-electron chi connectivity index (χ1n) is 9.47. The van der Waals surface area contributed by atoms with Crippen molar-refractivity contribution in [3.63, 3.8) is 0 Å². The van der Waals surface area contributed by atoms with Gasteiger partial charge in [0.2, 0.25) is 0 Å². The molecule has 6 heteroatoms. The highest BCUT2D eigenvalue weighted by molar-refractivity contribution is 9.10. The van der Waals surface area contributed by atoms with Gasteiger partial charge in [0.1, 0.15) is 10.4 Å². The Morgan fingerprint density at radius 1 is 1.26 bits per heavy atom. The van der Waals surface area contributed by atoms with E-state index in [0.717, 1.165) is 46.6 Å². The fraction of sp³-hybridized carbons (Fsp3) is 0.476. The zero-order chi connectivity index (χ0) is 19.1. The van der Waals surface area contributed by atoms with Crippen molar-refractivity contribution in [2.45, 2.75) is 44.9 Å². The summed E-state index contributed by atoms with van der Waals surface area (Å²) in [6.45, 7) is 2.04. The van der Waals surface area contributed by atoms with E-state index < -0.39 is 0 Å². The van der Waals surface area contributed by atoms with Gasteiger partial charge < -0.3 is 9.30 Å². The van der Waals surface area contributed by atoms with Crippen LogP contribution in [0.15, 0.2) is 22.8 Å². The maximum absolute atomic E-state index is 11.7. The molecular formula is C21H24BrN3O2. The quantitative estimate of drug-likeness (QED) is 0.655. The van der Waals surface area contributed by atoms with Gasteiger partial charge in [0, 0.05) is 24.2 Å². The van der Waals surface area contributed by atoms with E-state index in [9.17, 15) is 4.79 Å². The Balaban J connectivity index is 1.60. The van der Waals surface area contributed by atoms with E-state index >= 15 is 0 Å². The van der Waals surface area contributed by atoms with Gasteiger partial charge in [-0.3, -0.25) is 9.78 Å². The second-order valence-corrected chi connectivity index (χ2v) is 8.25. The maximum atomic E-state index is 11.7. The molecule has 2 aliphatic carbocycles. The van der Waals surface area contributed by atoms with Crippen LogP contribution in [0, 0.1) is 12.8 Å². The number of aromatic nitrogens is 3. The molecule has 2 aliphatic rings. The number of hydrogen-bond donors (Lipinski definition) is 0. The molecule has 142 valence electrons. The number of carbonyl (C=O) groups excluding carboxylic acids is 1. The van der Waals surface area contributed by atoms with Gasteiger partial charge >= 0.3 is 5.97 Å². The van der Waals surface area contributed by atoms with Crippen molar-refractivity contribution >= 4 is 27.5 Å². The standard InChI is InChI=1S/C21H24BrN3O2/c1-12-16(20-24-19(22)18(25(20)2)14-6-7-14)10-11-17(23-12)13-4-8-15(9-5-13)21(26)27-3/h4,10-11,14-15H,5-9H2,1-3H3. The van der Waals surface area contributed by atoms with Crippen LogP contribution in [0.2, 0.25) is 0 Å². The molecule has 0 amide bonds. The highest BCUT2D eigenvalue weighted by atomic mass is 79.9. The summed E-state index contributed by atoms with van der Waals surface area (Å²) < 4.78 is 8.02. The van der Waals surface area contributed by atoms with Gasteiger partial charge in [0.25, 0.3) is 0 Å². The average Bonchev–Trinajstić information content (AvgIpc) is 3.46. The molecule has 2 aromatic heterocycles. The number of nitrogens with zero attached hydrogens (tertiary/aromatic N) is 3. The number of carbonyl (C=O) groups is 1. The molecule has 0 spiro atoms. The summed E-state index contributed by atoms with van der Waals surface area (Å²) in [4.78, 5) is 21.3. The fourth-order valence-corrected chi connectivity index (χ4v) is 4.70. The van der Waals surface area contributed by atoms with E-state index in [0.29, 0.717) is 5.92 Å². The number of aryl methyl sites for hydroxylation is 1. The van der Waals surface area contributed by atoms with E-state index in [4.69, 9.17) is 14.7 Å². The van der Waals surface area contributed by atoms with Crippen molar-refractivity contribution in [3.05, 3.63) is 39.9 Å². The molecule has 5 nitrogen and oxygen atoms in total. The van der Waals surface area contributed by atoms with E-state index in [-0.39, 0.29) is 11.9 Å². The van der Waals surface area contributed by atoms with Gasteiger partial charge in [-0.15, -0.1) is 0 Å². The number of esters is 1. The summed E-state index contributed by atoms with van der Waals surface area (Å²) >= 11 is 3.63. The SMILES string of the molecule is COC(=O)C1CC=C(c2ccc(-c3nc(Br)c(C4CC4)n3C)c(C)n2)CC1. The number of allylic oxidation sites excluding steroid dienone is 2. The van der Waals surface area contributed by atoms with Crippen LogP contribution in [0.4, 0.5) is 0 Å². The van der Waals surface area contributed by atoms with Crippen molar-refractivity contribution in [1.29, 1.82) is 0 Å². The largest absolute Gasteiger partial charge is 0.469 e. The van der Waals surface area contributed by atoms with Gasteiger partial charge in [0.05, 0.1) is 24.4 Å². The lowest BCUT2D eigenvalue weighted by atomic mass is 9.88. The summed E-state index contributed by atoms with van der Waals surface area (Å²) in [7, 11) is 3.54. The third-order valence-corrected chi connectivity index (χ3v) is 6.24. The van der Waals surface area contributed by atoms with Crippen LogP contribution in [-0.4, -0.2) is 27.6 Å². The minimum atomic E-state index is -0.114. The van der Waals surface area contributed by atoms with Crippen LogP contribution >= 0.6 is 15.9 Å². The molecule has 1 saturated carbocycles. The van der Waals surface area contributed by atoms with Crippen LogP contribution in [0.1, 0.15) is 55.1 Å². The molecule has 1 atom stereocenters. The maximum Gasteiger partial charge on any atom is 0.308 e. The molecule has 4 rings (SSSR count). The van der Waals surface area contributed by atoms with E-state index in [1.807, 2.05) is 6.92 Å². The van der Waals surface area contributed by atoms with Gasteiger partial charge in [-0.2, -0.15) is 0 Å². The Morgan fingerprint density at radius 2 is 2.04 bits per heavy atom. The van der Waals surface area contributed by atoms with Gasteiger partial charge in [-0.25, -0.2) is 4.98 Å². The lowest BCUT2D eigenvalue weighted by Crippen LogP contribution is -2.18. The Morgan fingerprint density at radius 3 is 2.63 bits per heavy atom. The summed E-state index contributed by atoms with van der Waals surface area (Å²) in [5.41, 5.74) is 5.54. The molecular weight excluding hydrogens is 406 g/mol. The minimum absolute atomic E-state index is 0.0233. The summed E-state index contributed by atoms with van der Waals surface area (Å²) in [6, 6.07) is 4.20. The Kier molecular flexibility index (Phi) is 4.93. The van der Waals surface area contributed by atoms with E-state index in [1.165, 1.54) is 31.2 Å². The molecule has 27 heavy (non-hydrogen) atoms. The second kappa shape index (κ2) is 7.23. The molecule has 0 aromatic carbocycles. The zero-order valence-corrected chi connectivity index (χ0v) is 17.5. The van der Waals surface area contributed by atoms with Crippen LogP contribution in [0.5, 0.6) is 0 Å². The monoisotopic (exact) mass is 429 g/mol. The molecule has 1 unspecified atom stereocenters. The molecule has 0 aliphatic heterocycles. The smallest absolute Gasteiger partial charge is 0.308 e. The average molecular weight is 430 g/mol. The molecule has 0 N–H and O–H groups in total. The molecule has 0 saturated heterocycles. The molecule has 0 bridgehead atoms. The second-order valence-electron chi connectivity index (χ2n) is 7.50. The third kappa shape index (κ3) is 3.47. The number of hydrogen-bond acceptors (Lipinski definition) is 4. The summed E-state index contributed by atoms with van der Waals surface area (Å²) in [5, 5.41) is 0. The number of halogens is 1. The van der Waals surface area contributed by atoms with E-state index in [2.05, 4.69) is 45.8 Å². The molecule has 1 fully saturated rings. The number of rotatable bonds is 4. The number of imidazole rings is 1. The Labute approximate surface area is 168 Å². The third-order valence-electron chi connectivity index (χ3n) is 5.66. The van der Waals surface area contributed by atoms with Gasteiger partial charge in [0.15, 0.2) is 0 Å². The lowest BCUT2D eigenvalue weighted by molar-refractivity contribution is -0.145. The van der Waals surface area contributed by atoms with Crippen molar-refractivity contribution in [2.24, 2.45) is 13.0 Å². The molecule has 2 heterocycles. The summed E-state index contributed by atoms with van der Waals surface area (Å²) in [6.07, 6.45) is 7.02. The van der Waals surface area contributed by atoms with Crippen LogP contribution in [0.25, 0.3) is 17.0 Å². The van der Waals surface area contributed by atoms with Gasteiger partial charge in [-0.05, 0) is 72.7 Å². The first kappa shape index (κ1) is 18.4. The topological polar surface area (TPSA) is 57.0 Å². The van der Waals surface area contributed by atoms with Gasteiger partial charge in [-0.1, -0.05) is 6.08 Å². The number of pyridine rings is 1. The predicted molar refractivity (Wildman–Crippen MR) is 108 cm³/mol. The number of ether oxygens (including phenoxy) is 1. The highest BCUT2D eigenvalue weighted by Crippen LogP contribution is 2.44. The van der Waals surface area contributed by atoms with Crippen LogP contribution in [0.3, 0.4) is 0 Å².